The van der Waals surface area contributed by atoms with Crippen molar-refractivity contribution in [1.29, 1.82) is 0 Å². The molecule has 1 N–H and O–H groups in total. The Labute approximate surface area is 230 Å². The summed E-state index contributed by atoms with van der Waals surface area (Å²) in [5, 5.41) is 9.25. The minimum atomic E-state index is -0.843. The zero-order valence-electron chi connectivity index (χ0n) is 22.4. The van der Waals surface area contributed by atoms with Crippen LogP contribution in [0.1, 0.15) is 68.2 Å². The molecule has 0 bridgehead atoms. The van der Waals surface area contributed by atoms with Crippen LogP contribution in [0.25, 0.3) is 0 Å². The molecule has 0 aromatic carbocycles. The molecular formula is C27H46O12. The normalized spacial score (nSPS) is 45.5. The molecule has 2 saturated carbocycles. The molecule has 2 aliphatic carbocycles. The van der Waals surface area contributed by atoms with Gasteiger partial charge in [0.15, 0.2) is 24.2 Å². The van der Waals surface area contributed by atoms with Gasteiger partial charge in [-0.1, -0.05) is 14.9 Å². The highest BCUT2D eigenvalue weighted by Crippen LogP contribution is 2.57. The molecule has 10 atom stereocenters. The second-order valence-electron chi connectivity index (χ2n) is 11.4. The molecule has 12 nitrogen and oxygen atoms in total. The summed E-state index contributed by atoms with van der Waals surface area (Å²) in [5.74, 6) is -3.34. The van der Waals surface area contributed by atoms with Gasteiger partial charge in [0.1, 0.15) is 35.6 Å². The number of carbonyl (C=O) groups excluding carboxylic acids is 1. The Morgan fingerprint density at radius 3 is 1.41 bits per heavy atom. The molecule has 0 radical (unpaired) electrons. The van der Waals surface area contributed by atoms with Crippen molar-refractivity contribution >= 4 is 11.9 Å². The number of rotatable bonds is 4. The summed E-state index contributed by atoms with van der Waals surface area (Å²) in [5.41, 5.74) is -1.45. The second kappa shape index (κ2) is 10.8. The fourth-order valence-corrected chi connectivity index (χ4v) is 6.70. The molecule has 6 aliphatic rings. The van der Waals surface area contributed by atoms with E-state index in [2.05, 4.69) is 0 Å². The van der Waals surface area contributed by atoms with E-state index < -0.39 is 47.2 Å². The largest absolute Gasteiger partial charge is 0.481 e. The fraction of sp³-hybridized carbons (Fsp3) is 0.926. The molecule has 2 unspecified atom stereocenters. The molecule has 12 heteroatoms. The van der Waals surface area contributed by atoms with Crippen molar-refractivity contribution in [3.05, 3.63) is 0 Å². The van der Waals surface area contributed by atoms with E-state index in [1.54, 1.807) is 7.11 Å². The van der Waals surface area contributed by atoms with Crippen LogP contribution in [0, 0.1) is 11.8 Å². The van der Waals surface area contributed by atoms with Gasteiger partial charge in [0.05, 0.1) is 18.9 Å². The average Bonchev–Trinajstić information content (AvgIpc) is 3.46. The van der Waals surface area contributed by atoms with E-state index in [-0.39, 0.29) is 51.2 Å². The number of fused-ring (bicyclic) bond motifs is 4. The van der Waals surface area contributed by atoms with Crippen LogP contribution in [-0.4, -0.2) is 98.1 Å². The molecule has 0 aromatic heterocycles. The van der Waals surface area contributed by atoms with Crippen LogP contribution in [0.5, 0.6) is 0 Å². The lowest BCUT2D eigenvalue weighted by Gasteiger charge is -2.47. The third-order valence-electron chi connectivity index (χ3n) is 8.50. The maximum absolute atomic E-state index is 11.9. The summed E-state index contributed by atoms with van der Waals surface area (Å²) in [6, 6.07) is 0. The predicted octanol–water partition coefficient (Wildman–Crippen LogP) is 2.85. The van der Waals surface area contributed by atoms with Gasteiger partial charge >= 0.3 is 11.9 Å². The van der Waals surface area contributed by atoms with E-state index in [0.29, 0.717) is 12.8 Å². The predicted molar refractivity (Wildman–Crippen MR) is 135 cm³/mol. The van der Waals surface area contributed by atoms with E-state index in [4.69, 9.17) is 42.6 Å². The van der Waals surface area contributed by atoms with E-state index in [9.17, 15) is 14.7 Å². The highest BCUT2D eigenvalue weighted by atomic mass is 16.8. The van der Waals surface area contributed by atoms with Crippen LogP contribution in [0.3, 0.4) is 0 Å². The quantitative estimate of drug-likeness (QED) is 0.504. The molecular weight excluding hydrogens is 516 g/mol. The number of hydrogen-bond acceptors (Lipinski definition) is 11. The Kier molecular flexibility index (Phi) is 8.89. The van der Waals surface area contributed by atoms with Gasteiger partial charge in [-0.2, -0.15) is 0 Å². The third kappa shape index (κ3) is 4.90. The van der Waals surface area contributed by atoms with Crippen LogP contribution in [-0.2, 0) is 52.2 Å². The zero-order chi connectivity index (χ0) is 27.0. The summed E-state index contributed by atoms with van der Waals surface area (Å²) < 4.78 is 50.6. The third-order valence-corrected chi connectivity index (χ3v) is 8.50. The van der Waals surface area contributed by atoms with Crippen molar-refractivity contribution in [3.63, 3.8) is 0 Å². The number of carbonyl (C=O) groups is 2. The molecule has 4 heterocycles. The molecule has 2 spiro atoms. The van der Waals surface area contributed by atoms with Crippen LogP contribution >= 0.6 is 0 Å². The molecule has 0 aromatic rings. The lowest BCUT2D eigenvalue weighted by atomic mass is 9.66. The van der Waals surface area contributed by atoms with Gasteiger partial charge in [0.2, 0.25) is 0 Å². The maximum Gasteiger partial charge on any atom is 0.311 e. The number of aliphatic carboxylic acids is 1. The van der Waals surface area contributed by atoms with E-state index in [1.807, 2.05) is 27.7 Å². The van der Waals surface area contributed by atoms with Crippen molar-refractivity contribution in [1.82, 2.24) is 0 Å². The van der Waals surface area contributed by atoms with Crippen molar-refractivity contribution in [3.8, 4) is 0 Å². The highest BCUT2D eigenvalue weighted by molar-refractivity contribution is 5.75. The fourth-order valence-electron chi connectivity index (χ4n) is 6.70. The Bertz CT molecular complexity index is 922. The second-order valence-corrected chi connectivity index (χ2v) is 11.4. The average molecular weight is 563 g/mol. The lowest BCUT2D eigenvalue weighted by Crippen LogP contribution is -2.59. The lowest BCUT2D eigenvalue weighted by molar-refractivity contribution is -0.279. The molecule has 4 saturated heterocycles. The highest BCUT2D eigenvalue weighted by Gasteiger charge is 2.71. The van der Waals surface area contributed by atoms with Crippen molar-refractivity contribution in [2.75, 3.05) is 21.3 Å². The Morgan fingerprint density at radius 1 is 0.692 bits per heavy atom. The molecule has 226 valence electrons. The molecule has 0 amide bonds. The van der Waals surface area contributed by atoms with Crippen molar-refractivity contribution < 1.29 is 57.3 Å². The monoisotopic (exact) mass is 562 g/mol. The van der Waals surface area contributed by atoms with Crippen LogP contribution in [0.2, 0.25) is 0 Å². The minimum absolute atomic E-state index is 0. The summed E-state index contributed by atoms with van der Waals surface area (Å²) in [7, 11) is 4.50. The number of carboxylic acids is 1. The van der Waals surface area contributed by atoms with Crippen LogP contribution in [0.4, 0.5) is 0 Å². The van der Waals surface area contributed by atoms with Gasteiger partial charge in [0.25, 0.3) is 0 Å². The van der Waals surface area contributed by atoms with Gasteiger partial charge in [-0.15, -0.1) is 0 Å². The topological polar surface area (TPSA) is 137 Å². The van der Waals surface area contributed by atoms with Crippen molar-refractivity contribution in [2.45, 2.75) is 128 Å². The number of ether oxygens (including phenoxy) is 9. The van der Waals surface area contributed by atoms with Crippen LogP contribution in [0.15, 0.2) is 0 Å². The number of esters is 1. The Morgan fingerprint density at radius 2 is 1.10 bits per heavy atom. The zero-order valence-corrected chi connectivity index (χ0v) is 22.4. The molecule has 39 heavy (non-hydrogen) atoms. The van der Waals surface area contributed by atoms with Gasteiger partial charge < -0.3 is 47.7 Å². The summed E-state index contributed by atoms with van der Waals surface area (Å²) in [6.45, 7) is 7.36. The first kappa shape index (κ1) is 32.1. The van der Waals surface area contributed by atoms with Crippen molar-refractivity contribution in [2.24, 2.45) is 11.8 Å². The molecule has 6 fully saturated rings. The van der Waals surface area contributed by atoms with Gasteiger partial charge in [-0.25, -0.2) is 0 Å². The Balaban J connectivity index is 0.000000205. The summed E-state index contributed by atoms with van der Waals surface area (Å²) >= 11 is 0. The molecule has 6 rings (SSSR count). The maximum atomic E-state index is 11.9. The first-order chi connectivity index (χ1) is 17.3. The Hall–Kier alpha value is -1.38. The summed E-state index contributed by atoms with van der Waals surface area (Å²) in [6.07, 6.45) is 0.419. The smallest absolute Gasteiger partial charge is 0.311 e. The number of hydrogen-bond donors (Lipinski definition) is 1. The van der Waals surface area contributed by atoms with E-state index in [1.165, 1.54) is 14.2 Å². The van der Waals surface area contributed by atoms with Crippen LogP contribution < -0.4 is 0 Å². The standard InChI is InChI=1S/C13H20O6.C12H18O6.2CH4/c1-12(2)17-8-9(18-12)13(19-11(8)16-4)6-5-7(13)10(14)15-3;1-11(2)16-7-8(17-11)12(18-10(7)15-3)5-4-6(12)9(13)14;;/h7-9,11H,5-6H2,1-4H3;6-8,10H,4-5H2,1-3H3,(H,13,14);2*1H4/t7-,8?,9+,11+,13+;6-,7?,8+,10+,12+;;/m00../s1. The molecule has 4 aliphatic heterocycles. The number of methoxy groups -OCH3 is 3. The van der Waals surface area contributed by atoms with E-state index >= 15 is 0 Å². The van der Waals surface area contributed by atoms with Gasteiger partial charge in [-0.3, -0.25) is 9.59 Å². The van der Waals surface area contributed by atoms with Gasteiger partial charge in [0, 0.05) is 14.2 Å². The number of carboxylic acid groups (broad SMARTS) is 1. The summed E-state index contributed by atoms with van der Waals surface area (Å²) in [4.78, 5) is 23.1. The van der Waals surface area contributed by atoms with E-state index in [0.717, 1.165) is 12.8 Å². The first-order valence-corrected chi connectivity index (χ1v) is 12.8. The first-order valence-electron chi connectivity index (χ1n) is 12.8. The minimum Gasteiger partial charge on any atom is -0.481 e. The van der Waals surface area contributed by atoms with Gasteiger partial charge in [-0.05, 0) is 53.4 Å². The SMILES string of the molecule is C.C.COC(=O)[C@@H]1CC[C@@]12O[C@@H](OC)C1OC(C)(C)O[C@H]12.CO[C@@H]1O[C@@]2(CC[C@H]2C(=O)O)[C@@H]2OC(C)(C)OC12.